The Morgan fingerprint density at radius 2 is 1.67 bits per heavy atom. The zero-order chi connectivity index (χ0) is 11.9. The summed E-state index contributed by atoms with van der Waals surface area (Å²) in [5, 5.41) is -0.337. The number of sulfonamides is 1. The molecule has 0 rings (SSSR count). The topological polar surface area (TPSA) is 46.2 Å². The van der Waals surface area contributed by atoms with Gasteiger partial charge in [-0.15, -0.1) is 0 Å². The Morgan fingerprint density at radius 3 is 2.13 bits per heavy atom. The third-order valence-corrected chi connectivity index (χ3v) is 4.45. The van der Waals surface area contributed by atoms with E-state index in [0.29, 0.717) is 0 Å². The summed E-state index contributed by atoms with van der Waals surface area (Å²) in [6.07, 6.45) is 5.70. The van der Waals surface area contributed by atoms with E-state index in [4.69, 9.17) is 0 Å². The van der Waals surface area contributed by atoms with Crippen molar-refractivity contribution in [2.45, 2.75) is 71.1 Å². The average molecular weight is 235 g/mol. The number of hydrogen-bond acceptors (Lipinski definition) is 2. The zero-order valence-corrected chi connectivity index (χ0v) is 11.2. The Morgan fingerprint density at radius 1 is 1.07 bits per heavy atom. The second-order valence-electron chi connectivity index (χ2n) is 4.46. The smallest absolute Gasteiger partial charge is 0.212 e. The Bertz CT molecular complexity index is 247. The Labute approximate surface area is 94.7 Å². The van der Waals surface area contributed by atoms with Crippen molar-refractivity contribution in [3.05, 3.63) is 0 Å². The summed E-state index contributed by atoms with van der Waals surface area (Å²) >= 11 is 0. The van der Waals surface area contributed by atoms with Crippen LogP contribution in [0.25, 0.3) is 0 Å². The molecular formula is C11H25NO2S. The lowest BCUT2D eigenvalue weighted by molar-refractivity contribution is 0.517. The summed E-state index contributed by atoms with van der Waals surface area (Å²) in [5.74, 6) is 0. The second-order valence-corrected chi connectivity index (χ2v) is 6.73. The molecule has 92 valence electrons. The molecule has 0 aromatic rings. The predicted molar refractivity (Wildman–Crippen MR) is 65.4 cm³/mol. The summed E-state index contributed by atoms with van der Waals surface area (Å²) in [6, 6.07) is 0.0641. The molecule has 15 heavy (non-hydrogen) atoms. The molecule has 0 radical (unpaired) electrons. The van der Waals surface area contributed by atoms with Crippen molar-refractivity contribution in [1.29, 1.82) is 0 Å². The van der Waals surface area contributed by atoms with E-state index in [1.54, 1.807) is 13.8 Å². The van der Waals surface area contributed by atoms with Crippen LogP contribution in [-0.4, -0.2) is 19.7 Å². The number of nitrogens with one attached hydrogen (secondary N) is 1. The van der Waals surface area contributed by atoms with Gasteiger partial charge in [-0.1, -0.05) is 32.6 Å². The molecule has 0 aliphatic heterocycles. The summed E-state index contributed by atoms with van der Waals surface area (Å²) < 4.78 is 25.7. The highest BCUT2D eigenvalue weighted by atomic mass is 32.2. The summed E-state index contributed by atoms with van der Waals surface area (Å²) in [7, 11) is -3.09. The molecule has 0 aliphatic carbocycles. The van der Waals surface area contributed by atoms with Crippen LogP contribution < -0.4 is 4.72 Å². The van der Waals surface area contributed by atoms with E-state index in [9.17, 15) is 8.42 Å². The molecular weight excluding hydrogens is 210 g/mol. The fourth-order valence-corrected chi connectivity index (χ4v) is 2.30. The van der Waals surface area contributed by atoms with Crippen molar-refractivity contribution in [2.75, 3.05) is 0 Å². The second kappa shape index (κ2) is 7.23. The summed E-state index contributed by atoms with van der Waals surface area (Å²) in [5.41, 5.74) is 0. The van der Waals surface area contributed by atoms with Crippen molar-refractivity contribution in [2.24, 2.45) is 0 Å². The van der Waals surface area contributed by atoms with Crippen LogP contribution in [0.1, 0.15) is 59.8 Å². The van der Waals surface area contributed by atoms with Gasteiger partial charge in [-0.25, -0.2) is 13.1 Å². The quantitative estimate of drug-likeness (QED) is 0.657. The van der Waals surface area contributed by atoms with Gasteiger partial charge in [0, 0.05) is 6.04 Å². The highest BCUT2D eigenvalue weighted by Crippen LogP contribution is 2.07. The van der Waals surface area contributed by atoms with Crippen molar-refractivity contribution < 1.29 is 8.42 Å². The van der Waals surface area contributed by atoms with Crippen molar-refractivity contribution in [1.82, 2.24) is 4.72 Å². The fourth-order valence-electron chi connectivity index (χ4n) is 1.35. The van der Waals surface area contributed by atoms with E-state index in [0.717, 1.165) is 12.8 Å². The Balaban J connectivity index is 3.79. The van der Waals surface area contributed by atoms with Crippen molar-refractivity contribution in [3.63, 3.8) is 0 Å². The lowest BCUT2D eigenvalue weighted by Gasteiger charge is -2.15. The van der Waals surface area contributed by atoms with Crippen molar-refractivity contribution >= 4 is 10.0 Å². The molecule has 0 aromatic carbocycles. The monoisotopic (exact) mass is 235 g/mol. The van der Waals surface area contributed by atoms with E-state index in [1.165, 1.54) is 19.3 Å². The molecule has 0 aromatic heterocycles. The van der Waals surface area contributed by atoms with Gasteiger partial charge < -0.3 is 0 Å². The molecule has 0 fully saturated rings. The van der Waals surface area contributed by atoms with Gasteiger partial charge in [-0.2, -0.15) is 0 Å². The lowest BCUT2D eigenvalue weighted by Crippen LogP contribution is -2.37. The molecule has 4 heteroatoms. The number of rotatable bonds is 8. The first-order valence-electron chi connectivity index (χ1n) is 5.91. The van der Waals surface area contributed by atoms with Gasteiger partial charge in [0.15, 0.2) is 0 Å². The average Bonchev–Trinajstić information content (AvgIpc) is 2.11. The number of hydrogen-bond donors (Lipinski definition) is 1. The first kappa shape index (κ1) is 14.9. The maximum Gasteiger partial charge on any atom is 0.214 e. The van der Waals surface area contributed by atoms with E-state index >= 15 is 0 Å². The maximum absolute atomic E-state index is 11.5. The minimum absolute atomic E-state index is 0.0641. The minimum atomic E-state index is -3.09. The SMILES string of the molecule is CCCCCCC(C)NS(=O)(=O)C(C)C. The number of unbranched alkanes of at least 4 members (excludes halogenated alkanes) is 3. The van der Waals surface area contributed by atoms with E-state index in [2.05, 4.69) is 11.6 Å². The Hall–Kier alpha value is -0.0900. The molecule has 1 unspecified atom stereocenters. The molecule has 0 heterocycles. The van der Waals surface area contributed by atoms with Crippen LogP contribution in [0.5, 0.6) is 0 Å². The van der Waals surface area contributed by atoms with Gasteiger partial charge in [0.25, 0.3) is 0 Å². The highest BCUT2D eigenvalue weighted by Gasteiger charge is 2.17. The van der Waals surface area contributed by atoms with Gasteiger partial charge in [0.2, 0.25) is 10.0 Å². The first-order chi connectivity index (χ1) is 6.90. The normalized spacial score (nSPS) is 14.5. The molecule has 0 bridgehead atoms. The minimum Gasteiger partial charge on any atom is -0.212 e. The van der Waals surface area contributed by atoms with Crippen LogP contribution in [-0.2, 0) is 10.0 Å². The Kier molecular flexibility index (Phi) is 7.18. The third-order valence-electron chi connectivity index (χ3n) is 2.48. The molecule has 1 N–H and O–H groups in total. The third kappa shape index (κ3) is 6.90. The van der Waals surface area contributed by atoms with Gasteiger partial charge in [0.1, 0.15) is 0 Å². The zero-order valence-electron chi connectivity index (χ0n) is 10.4. The van der Waals surface area contributed by atoms with Gasteiger partial charge >= 0.3 is 0 Å². The summed E-state index contributed by atoms with van der Waals surface area (Å²) in [6.45, 7) is 7.51. The summed E-state index contributed by atoms with van der Waals surface area (Å²) in [4.78, 5) is 0. The van der Waals surface area contributed by atoms with Crippen LogP contribution >= 0.6 is 0 Å². The molecule has 0 amide bonds. The molecule has 1 atom stereocenters. The van der Waals surface area contributed by atoms with E-state index in [1.807, 2.05) is 6.92 Å². The van der Waals surface area contributed by atoms with E-state index in [-0.39, 0.29) is 11.3 Å². The van der Waals surface area contributed by atoms with Crippen LogP contribution in [0.3, 0.4) is 0 Å². The molecule has 0 spiro atoms. The van der Waals surface area contributed by atoms with Crippen LogP contribution in [0.2, 0.25) is 0 Å². The largest absolute Gasteiger partial charge is 0.214 e. The maximum atomic E-state index is 11.5. The van der Waals surface area contributed by atoms with Gasteiger partial charge in [-0.05, 0) is 27.2 Å². The fraction of sp³-hybridized carbons (Fsp3) is 1.00. The molecule has 0 saturated heterocycles. The first-order valence-corrected chi connectivity index (χ1v) is 7.46. The van der Waals surface area contributed by atoms with E-state index < -0.39 is 10.0 Å². The molecule has 3 nitrogen and oxygen atoms in total. The van der Waals surface area contributed by atoms with Crippen LogP contribution in [0.15, 0.2) is 0 Å². The van der Waals surface area contributed by atoms with Gasteiger partial charge in [0.05, 0.1) is 5.25 Å². The highest BCUT2D eigenvalue weighted by molar-refractivity contribution is 7.90. The predicted octanol–water partition coefficient (Wildman–Crippen LogP) is 2.67. The lowest BCUT2D eigenvalue weighted by atomic mass is 10.1. The van der Waals surface area contributed by atoms with Crippen molar-refractivity contribution in [3.8, 4) is 0 Å². The molecule has 0 aliphatic rings. The van der Waals surface area contributed by atoms with Crippen LogP contribution in [0, 0.1) is 0 Å². The molecule has 0 saturated carbocycles. The van der Waals surface area contributed by atoms with Crippen LogP contribution in [0.4, 0.5) is 0 Å². The van der Waals surface area contributed by atoms with Gasteiger partial charge in [-0.3, -0.25) is 0 Å². The standard InChI is InChI=1S/C11H25NO2S/c1-5-6-7-8-9-11(4)12-15(13,14)10(2)3/h10-12H,5-9H2,1-4H3.